The van der Waals surface area contributed by atoms with Crippen LogP contribution >= 0.6 is 15.9 Å². The Morgan fingerprint density at radius 2 is 2.29 bits per heavy atom. The molecule has 0 aliphatic rings. The van der Waals surface area contributed by atoms with E-state index < -0.39 is 16.4 Å². The van der Waals surface area contributed by atoms with E-state index in [0.717, 1.165) is 12.3 Å². The highest BCUT2D eigenvalue weighted by Gasteiger charge is 2.20. The SMILES string of the molecule is CCNc1ncc([N+](=O)[O-])c(Oc2ccc(Br)c(F)c2)n1. The molecule has 0 saturated heterocycles. The largest absolute Gasteiger partial charge is 0.433 e. The summed E-state index contributed by atoms with van der Waals surface area (Å²) >= 11 is 3.01. The van der Waals surface area contributed by atoms with Gasteiger partial charge >= 0.3 is 11.6 Å². The van der Waals surface area contributed by atoms with Crippen molar-refractivity contribution in [2.75, 3.05) is 11.9 Å². The third-order valence-corrected chi connectivity index (χ3v) is 3.02. The molecule has 0 saturated carbocycles. The van der Waals surface area contributed by atoms with E-state index in [4.69, 9.17) is 4.74 Å². The van der Waals surface area contributed by atoms with E-state index in [1.165, 1.54) is 12.1 Å². The number of nitrogens with one attached hydrogen (secondary N) is 1. The molecule has 1 aromatic carbocycles. The van der Waals surface area contributed by atoms with Gasteiger partial charge in [0, 0.05) is 12.6 Å². The summed E-state index contributed by atoms with van der Waals surface area (Å²) in [6.45, 7) is 2.37. The zero-order valence-electron chi connectivity index (χ0n) is 10.8. The van der Waals surface area contributed by atoms with E-state index in [1.807, 2.05) is 6.92 Å². The third kappa shape index (κ3) is 3.63. The number of halogens is 2. The average molecular weight is 357 g/mol. The maximum Gasteiger partial charge on any atom is 0.349 e. The molecule has 0 amide bonds. The van der Waals surface area contributed by atoms with Crippen LogP contribution in [-0.2, 0) is 0 Å². The maximum absolute atomic E-state index is 13.4. The molecule has 21 heavy (non-hydrogen) atoms. The minimum Gasteiger partial charge on any atom is -0.433 e. The number of anilines is 1. The molecule has 0 aliphatic carbocycles. The summed E-state index contributed by atoms with van der Waals surface area (Å²) in [5.74, 6) is -0.514. The van der Waals surface area contributed by atoms with E-state index in [9.17, 15) is 14.5 Å². The van der Waals surface area contributed by atoms with Gasteiger partial charge in [0.15, 0.2) is 0 Å². The number of benzene rings is 1. The lowest BCUT2D eigenvalue weighted by Gasteiger charge is -2.07. The summed E-state index contributed by atoms with van der Waals surface area (Å²) in [6, 6.07) is 4.00. The molecule has 110 valence electrons. The zero-order chi connectivity index (χ0) is 15.4. The molecule has 1 N–H and O–H groups in total. The molecule has 0 radical (unpaired) electrons. The lowest BCUT2D eigenvalue weighted by molar-refractivity contribution is -0.386. The standard InChI is InChI=1S/C12H10BrFN4O3/c1-2-15-12-16-6-10(18(19)20)11(17-12)21-7-3-4-8(13)9(14)5-7/h3-6H,2H2,1H3,(H,15,16,17). The second-order valence-electron chi connectivity index (χ2n) is 3.85. The molecule has 7 nitrogen and oxygen atoms in total. The fraction of sp³-hybridized carbons (Fsp3) is 0.167. The second-order valence-corrected chi connectivity index (χ2v) is 4.70. The van der Waals surface area contributed by atoms with E-state index in [1.54, 1.807) is 0 Å². The highest BCUT2D eigenvalue weighted by atomic mass is 79.9. The van der Waals surface area contributed by atoms with Crippen molar-refractivity contribution in [3.63, 3.8) is 0 Å². The number of nitrogens with zero attached hydrogens (tertiary/aromatic N) is 3. The predicted molar refractivity (Wildman–Crippen MR) is 77.0 cm³/mol. The van der Waals surface area contributed by atoms with Crippen LogP contribution in [0.1, 0.15) is 6.92 Å². The second kappa shape index (κ2) is 6.44. The summed E-state index contributed by atoms with van der Waals surface area (Å²) in [4.78, 5) is 18.0. The minimum absolute atomic E-state index is 0.0972. The fourth-order valence-electron chi connectivity index (χ4n) is 1.46. The van der Waals surface area contributed by atoms with Crippen molar-refractivity contribution in [2.45, 2.75) is 6.92 Å². The van der Waals surface area contributed by atoms with Gasteiger partial charge in [0.05, 0.1) is 9.40 Å². The summed E-state index contributed by atoms with van der Waals surface area (Å²) in [5.41, 5.74) is -0.403. The molecule has 1 heterocycles. The van der Waals surface area contributed by atoms with Crippen molar-refractivity contribution >= 4 is 27.6 Å². The van der Waals surface area contributed by atoms with Gasteiger partial charge in [-0.15, -0.1) is 0 Å². The van der Waals surface area contributed by atoms with Gasteiger partial charge in [-0.25, -0.2) is 9.37 Å². The van der Waals surface area contributed by atoms with E-state index in [-0.39, 0.29) is 22.1 Å². The van der Waals surface area contributed by atoms with E-state index in [0.29, 0.717) is 6.54 Å². The average Bonchev–Trinajstić information content (AvgIpc) is 2.43. The Balaban J connectivity index is 2.37. The van der Waals surface area contributed by atoms with E-state index >= 15 is 0 Å². The quantitative estimate of drug-likeness (QED) is 0.651. The van der Waals surface area contributed by atoms with Crippen molar-refractivity contribution in [2.24, 2.45) is 0 Å². The lowest BCUT2D eigenvalue weighted by Crippen LogP contribution is -2.05. The molecule has 0 bridgehead atoms. The van der Waals surface area contributed by atoms with Gasteiger partial charge in [0.25, 0.3) is 0 Å². The van der Waals surface area contributed by atoms with Crippen LogP contribution in [0, 0.1) is 15.9 Å². The predicted octanol–water partition coefficient (Wildman–Crippen LogP) is 3.51. The molecule has 0 fully saturated rings. The van der Waals surface area contributed by atoms with Gasteiger partial charge in [-0.05, 0) is 35.0 Å². The van der Waals surface area contributed by atoms with Crippen molar-refractivity contribution in [3.05, 3.63) is 44.8 Å². The highest BCUT2D eigenvalue weighted by Crippen LogP contribution is 2.31. The fourth-order valence-corrected chi connectivity index (χ4v) is 1.70. The van der Waals surface area contributed by atoms with Gasteiger partial charge in [-0.1, -0.05) is 0 Å². The normalized spacial score (nSPS) is 10.2. The van der Waals surface area contributed by atoms with Crippen LogP contribution in [0.2, 0.25) is 0 Å². The van der Waals surface area contributed by atoms with Crippen molar-refractivity contribution in [1.29, 1.82) is 0 Å². The van der Waals surface area contributed by atoms with Gasteiger partial charge < -0.3 is 10.1 Å². The molecule has 0 aliphatic heterocycles. The van der Waals surface area contributed by atoms with E-state index in [2.05, 4.69) is 31.2 Å². The van der Waals surface area contributed by atoms with Crippen LogP contribution in [0.4, 0.5) is 16.0 Å². The van der Waals surface area contributed by atoms with Crippen LogP contribution in [0.5, 0.6) is 11.6 Å². The summed E-state index contributed by atoms with van der Waals surface area (Å²) in [5, 5.41) is 13.8. The summed E-state index contributed by atoms with van der Waals surface area (Å²) in [6.07, 6.45) is 1.04. The first-order valence-corrected chi connectivity index (χ1v) is 6.68. The zero-order valence-corrected chi connectivity index (χ0v) is 12.4. The Hall–Kier alpha value is -2.29. The first-order valence-electron chi connectivity index (χ1n) is 5.89. The van der Waals surface area contributed by atoms with Gasteiger partial charge in [-0.2, -0.15) is 4.98 Å². The Bertz CT molecular complexity index is 684. The van der Waals surface area contributed by atoms with Crippen LogP contribution in [0.15, 0.2) is 28.9 Å². The maximum atomic E-state index is 13.4. The monoisotopic (exact) mass is 356 g/mol. The highest BCUT2D eigenvalue weighted by molar-refractivity contribution is 9.10. The third-order valence-electron chi connectivity index (χ3n) is 2.37. The van der Waals surface area contributed by atoms with Crippen LogP contribution in [0.25, 0.3) is 0 Å². The molecular formula is C12H10BrFN4O3. The van der Waals surface area contributed by atoms with Gasteiger partial charge in [-0.3, -0.25) is 10.1 Å². The summed E-state index contributed by atoms with van der Waals surface area (Å²) in [7, 11) is 0. The topological polar surface area (TPSA) is 90.2 Å². The van der Waals surface area contributed by atoms with Gasteiger partial charge in [0.2, 0.25) is 5.95 Å². The van der Waals surface area contributed by atoms with Crippen molar-refractivity contribution in [3.8, 4) is 11.6 Å². The number of nitro groups is 1. The van der Waals surface area contributed by atoms with Crippen LogP contribution in [0.3, 0.4) is 0 Å². The number of ether oxygens (including phenoxy) is 1. The number of rotatable bonds is 5. The Labute approximate surface area is 127 Å². The summed E-state index contributed by atoms with van der Waals surface area (Å²) < 4.78 is 19.0. The Kier molecular flexibility index (Phi) is 4.63. The molecule has 2 rings (SSSR count). The van der Waals surface area contributed by atoms with Crippen molar-refractivity contribution < 1.29 is 14.1 Å². The van der Waals surface area contributed by atoms with Crippen LogP contribution in [-0.4, -0.2) is 21.4 Å². The lowest BCUT2D eigenvalue weighted by atomic mass is 10.3. The molecule has 2 aromatic rings. The first kappa shape index (κ1) is 15.1. The Morgan fingerprint density at radius 3 is 2.90 bits per heavy atom. The molecule has 0 atom stereocenters. The molecule has 1 aromatic heterocycles. The number of hydrogen-bond acceptors (Lipinski definition) is 6. The minimum atomic E-state index is -0.666. The first-order chi connectivity index (χ1) is 10.0. The van der Waals surface area contributed by atoms with Crippen molar-refractivity contribution in [1.82, 2.24) is 9.97 Å². The Morgan fingerprint density at radius 1 is 1.52 bits per heavy atom. The molecule has 0 unspecified atom stereocenters. The number of hydrogen-bond donors (Lipinski definition) is 1. The molecular weight excluding hydrogens is 347 g/mol. The molecule has 9 heteroatoms. The van der Waals surface area contributed by atoms with Gasteiger partial charge in [0.1, 0.15) is 17.8 Å². The van der Waals surface area contributed by atoms with Crippen LogP contribution < -0.4 is 10.1 Å². The number of aromatic nitrogens is 2. The molecule has 0 spiro atoms. The smallest absolute Gasteiger partial charge is 0.349 e.